The number of aromatic nitrogens is 2. The highest BCUT2D eigenvalue weighted by atomic mass is 19.1. The quantitative estimate of drug-likeness (QED) is 0.336. The maximum atomic E-state index is 14.3. The van der Waals surface area contributed by atoms with Crippen LogP contribution in [0, 0.1) is 17.6 Å². The summed E-state index contributed by atoms with van der Waals surface area (Å²) in [5.41, 5.74) is 2.84. The van der Waals surface area contributed by atoms with E-state index in [1.54, 1.807) is 25.5 Å². The molecule has 0 amide bonds. The molecule has 0 unspecified atom stereocenters. The first-order chi connectivity index (χ1) is 15.8. The van der Waals surface area contributed by atoms with Gasteiger partial charge in [-0.15, -0.1) is 0 Å². The van der Waals surface area contributed by atoms with Crippen molar-refractivity contribution >= 4 is 10.9 Å². The zero-order valence-corrected chi connectivity index (χ0v) is 18.9. The van der Waals surface area contributed by atoms with E-state index >= 15 is 0 Å². The third-order valence-electron chi connectivity index (χ3n) is 5.59. The Labute approximate surface area is 191 Å². The zero-order chi connectivity index (χ0) is 23.5. The number of rotatable bonds is 8. The molecule has 0 fully saturated rings. The number of nitrogens with zero attached hydrogens (tertiary/aromatic N) is 1. The van der Waals surface area contributed by atoms with Gasteiger partial charge in [0.05, 0.1) is 0 Å². The first-order valence-electron chi connectivity index (χ1n) is 11.0. The molecule has 0 aliphatic heterocycles. The van der Waals surface area contributed by atoms with Crippen molar-refractivity contribution in [1.29, 1.82) is 0 Å². The minimum absolute atomic E-state index is 0.0730. The molecule has 0 bridgehead atoms. The van der Waals surface area contributed by atoms with Gasteiger partial charge in [-0.3, -0.25) is 4.79 Å². The number of halogens is 2. The average molecular weight is 452 g/mol. The van der Waals surface area contributed by atoms with Gasteiger partial charge in [0.1, 0.15) is 17.1 Å². The van der Waals surface area contributed by atoms with Crippen LogP contribution in [0.1, 0.15) is 25.8 Å². The van der Waals surface area contributed by atoms with Gasteiger partial charge in [-0.05, 0) is 54.8 Å². The molecule has 172 valence electrons. The van der Waals surface area contributed by atoms with Crippen molar-refractivity contribution in [3.05, 3.63) is 82.4 Å². The van der Waals surface area contributed by atoms with Crippen molar-refractivity contribution in [3.8, 4) is 22.6 Å². The second kappa shape index (κ2) is 9.58. The Morgan fingerprint density at radius 2 is 1.85 bits per heavy atom. The van der Waals surface area contributed by atoms with Crippen LogP contribution in [0.3, 0.4) is 0 Å². The molecule has 0 atom stereocenters. The smallest absolute Gasteiger partial charge is 0.274 e. The summed E-state index contributed by atoms with van der Waals surface area (Å²) in [5, 5.41) is 4.18. The Morgan fingerprint density at radius 3 is 2.61 bits per heavy atom. The van der Waals surface area contributed by atoms with Gasteiger partial charge in [-0.2, -0.15) is 0 Å². The Kier molecular flexibility index (Phi) is 6.60. The number of aromatic amines is 1. The second-order valence-corrected chi connectivity index (χ2v) is 8.59. The van der Waals surface area contributed by atoms with E-state index in [1.165, 1.54) is 10.6 Å². The number of hydrogen-bond donors (Lipinski definition) is 2. The number of ether oxygens (including phenoxy) is 1. The number of nitrogens with one attached hydrogen (secondary N) is 2. The standard InChI is InChI=1S/C26H27F2N3O2/c1-16(2)8-10-29-14-17-4-6-23(33-24-7-5-18(27)13-22(24)28)20(12-17)21-15-30-25-19(21)9-11-31(3)26(25)32/h4-7,9,11-13,15-16,29-30H,8,10,14H2,1-3H3. The van der Waals surface area contributed by atoms with E-state index in [-0.39, 0.29) is 11.3 Å². The second-order valence-electron chi connectivity index (χ2n) is 8.59. The molecule has 0 aliphatic rings. The highest BCUT2D eigenvalue weighted by Gasteiger charge is 2.16. The third-order valence-corrected chi connectivity index (χ3v) is 5.59. The minimum atomic E-state index is -0.784. The van der Waals surface area contributed by atoms with E-state index < -0.39 is 11.6 Å². The molecule has 7 heteroatoms. The zero-order valence-electron chi connectivity index (χ0n) is 18.9. The van der Waals surface area contributed by atoms with Crippen LogP contribution in [-0.4, -0.2) is 16.1 Å². The van der Waals surface area contributed by atoms with Crippen LogP contribution < -0.4 is 15.6 Å². The van der Waals surface area contributed by atoms with Gasteiger partial charge in [0.2, 0.25) is 0 Å². The highest BCUT2D eigenvalue weighted by molar-refractivity contribution is 5.96. The lowest BCUT2D eigenvalue weighted by atomic mass is 10.0. The van der Waals surface area contributed by atoms with E-state index in [1.807, 2.05) is 18.2 Å². The number of H-pyrrole nitrogens is 1. The molecule has 33 heavy (non-hydrogen) atoms. The monoisotopic (exact) mass is 451 g/mol. The number of benzene rings is 2. The van der Waals surface area contributed by atoms with Crippen molar-refractivity contribution in [3.63, 3.8) is 0 Å². The van der Waals surface area contributed by atoms with Gasteiger partial charge < -0.3 is 19.6 Å². The Balaban J connectivity index is 1.75. The summed E-state index contributed by atoms with van der Waals surface area (Å²) in [6, 6.07) is 10.7. The molecule has 0 saturated heterocycles. The highest BCUT2D eigenvalue weighted by Crippen LogP contribution is 2.38. The van der Waals surface area contributed by atoms with Gasteiger partial charge in [-0.25, -0.2) is 8.78 Å². The summed E-state index contributed by atoms with van der Waals surface area (Å²) in [6.45, 7) is 5.92. The van der Waals surface area contributed by atoms with Crippen molar-refractivity contribution < 1.29 is 13.5 Å². The fourth-order valence-corrected chi connectivity index (χ4v) is 3.72. The SMILES string of the molecule is CC(C)CCNCc1ccc(Oc2ccc(F)cc2F)c(-c2c[nH]c3c(=O)n(C)ccc23)c1. The molecule has 0 radical (unpaired) electrons. The van der Waals surface area contributed by atoms with Crippen LogP contribution >= 0.6 is 0 Å². The molecule has 4 aromatic rings. The summed E-state index contributed by atoms with van der Waals surface area (Å²) in [7, 11) is 1.69. The predicted octanol–water partition coefficient (Wildman–Crippen LogP) is 5.74. The van der Waals surface area contributed by atoms with Crippen molar-refractivity contribution in [2.24, 2.45) is 13.0 Å². The summed E-state index contributed by atoms with van der Waals surface area (Å²) < 4.78 is 35.0. The van der Waals surface area contributed by atoms with E-state index in [0.717, 1.165) is 41.6 Å². The molecular weight excluding hydrogens is 424 g/mol. The third kappa shape index (κ3) is 4.98. The van der Waals surface area contributed by atoms with Crippen LogP contribution in [-0.2, 0) is 13.6 Å². The molecule has 0 aliphatic carbocycles. The molecular formula is C26H27F2N3O2. The molecule has 4 rings (SSSR count). The lowest BCUT2D eigenvalue weighted by Gasteiger charge is -2.14. The van der Waals surface area contributed by atoms with Gasteiger partial charge in [0.25, 0.3) is 5.56 Å². The average Bonchev–Trinajstić information content (AvgIpc) is 3.21. The van der Waals surface area contributed by atoms with Gasteiger partial charge in [0.15, 0.2) is 11.6 Å². The maximum absolute atomic E-state index is 14.3. The summed E-state index contributed by atoms with van der Waals surface area (Å²) in [4.78, 5) is 15.6. The first kappa shape index (κ1) is 22.7. The van der Waals surface area contributed by atoms with Crippen molar-refractivity contribution in [1.82, 2.24) is 14.9 Å². The number of hydrogen-bond acceptors (Lipinski definition) is 3. The van der Waals surface area contributed by atoms with Crippen LogP contribution in [0.15, 0.2) is 59.7 Å². The summed E-state index contributed by atoms with van der Waals surface area (Å²) in [5.74, 6) is -0.504. The molecule has 2 aromatic heterocycles. The molecule has 0 spiro atoms. The topological polar surface area (TPSA) is 59.0 Å². The number of pyridine rings is 1. The van der Waals surface area contributed by atoms with Crippen LogP contribution in [0.2, 0.25) is 0 Å². The maximum Gasteiger partial charge on any atom is 0.274 e. The van der Waals surface area contributed by atoms with Crippen molar-refractivity contribution in [2.75, 3.05) is 6.54 Å². The molecule has 2 N–H and O–H groups in total. The molecule has 5 nitrogen and oxygen atoms in total. The predicted molar refractivity (Wildman–Crippen MR) is 127 cm³/mol. The van der Waals surface area contributed by atoms with Gasteiger partial charge in [-0.1, -0.05) is 19.9 Å². The van der Waals surface area contributed by atoms with Crippen LogP contribution in [0.25, 0.3) is 22.0 Å². The van der Waals surface area contributed by atoms with E-state index in [9.17, 15) is 13.6 Å². The Morgan fingerprint density at radius 1 is 1.06 bits per heavy atom. The fraction of sp³-hybridized carbons (Fsp3) is 0.269. The van der Waals surface area contributed by atoms with Gasteiger partial charge in [0, 0.05) is 48.6 Å². The normalized spacial score (nSPS) is 11.5. The number of aryl methyl sites for hydroxylation is 1. The van der Waals surface area contributed by atoms with Crippen molar-refractivity contribution in [2.45, 2.75) is 26.8 Å². The van der Waals surface area contributed by atoms with E-state index in [0.29, 0.717) is 29.3 Å². The van der Waals surface area contributed by atoms with E-state index in [4.69, 9.17) is 4.74 Å². The fourth-order valence-electron chi connectivity index (χ4n) is 3.72. The van der Waals surface area contributed by atoms with Gasteiger partial charge >= 0.3 is 0 Å². The molecule has 0 saturated carbocycles. The summed E-state index contributed by atoms with van der Waals surface area (Å²) in [6.07, 6.45) is 4.54. The minimum Gasteiger partial charge on any atom is -0.454 e. The van der Waals surface area contributed by atoms with E-state index in [2.05, 4.69) is 24.1 Å². The lowest BCUT2D eigenvalue weighted by molar-refractivity contribution is 0.439. The number of fused-ring (bicyclic) bond motifs is 1. The lowest BCUT2D eigenvalue weighted by Crippen LogP contribution is -2.16. The first-order valence-corrected chi connectivity index (χ1v) is 11.0. The van der Waals surface area contributed by atoms with Crippen LogP contribution in [0.4, 0.5) is 8.78 Å². The molecule has 2 heterocycles. The molecule has 2 aromatic carbocycles. The summed E-state index contributed by atoms with van der Waals surface area (Å²) >= 11 is 0. The largest absolute Gasteiger partial charge is 0.454 e. The Bertz CT molecular complexity index is 1340. The Hall–Kier alpha value is -3.45. The van der Waals surface area contributed by atoms with Crippen LogP contribution in [0.5, 0.6) is 11.5 Å².